The van der Waals surface area contributed by atoms with Gasteiger partial charge in [0.1, 0.15) is 6.54 Å². The minimum atomic E-state index is -0.852. The van der Waals surface area contributed by atoms with E-state index < -0.39 is 5.25 Å². The summed E-state index contributed by atoms with van der Waals surface area (Å²) in [4.78, 5) is 42.8. The lowest BCUT2D eigenvalue weighted by Gasteiger charge is -2.34. The summed E-state index contributed by atoms with van der Waals surface area (Å²) >= 11 is 7.42. The van der Waals surface area contributed by atoms with Crippen molar-refractivity contribution in [3.05, 3.63) is 59.1 Å². The number of amides is 3. The van der Waals surface area contributed by atoms with E-state index in [2.05, 4.69) is 5.32 Å². The van der Waals surface area contributed by atoms with Crippen LogP contribution in [0.2, 0.25) is 5.02 Å². The highest BCUT2D eigenvalue weighted by Gasteiger charge is 2.41. The second kappa shape index (κ2) is 9.10. The number of halogens is 1. The zero-order valence-corrected chi connectivity index (χ0v) is 17.9. The maximum atomic E-state index is 13.2. The molecule has 0 aromatic heterocycles. The molecule has 0 unspecified atom stereocenters. The van der Waals surface area contributed by atoms with Crippen LogP contribution in [-0.4, -0.2) is 47.5 Å². The molecule has 0 aliphatic carbocycles. The van der Waals surface area contributed by atoms with Crippen molar-refractivity contribution in [2.45, 2.75) is 29.5 Å². The Morgan fingerprint density at radius 3 is 2.53 bits per heavy atom. The van der Waals surface area contributed by atoms with Gasteiger partial charge in [-0.1, -0.05) is 41.9 Å². The Labute approximate surface area is 184 Å². The molecule has 4 rings (SSSR count). The van der Waals surface area contributed by atoms with Gasteiger partial charge >= 0.3 is 0 Å². The van der Waals surface area contributed by atoms with Crippen LogP contribution in [0, 0.1) is 0 Å². The summed E-state index contributed by atoms with van der Waals surface area (Å²) < 4.78 is 0. The molecule has 1 fully saturated rings. The van der Waals surface area contributed by atoms with E-state index in [4.69, 9.17) is 11.6 Å². The molecule has 0 spiro atoms. The zero-order valence-electron chi connectivity index (χ0n) is 16.3. The molecule has 30 heavy (non-hydrogen) atoms. The number of hydrogen-bond acceptors (Lipinski definition) is 4. The summed E-state index contributed by atoms with van der Waals surface area (Å²) in [7, 11) is 0. The fourth-order valence-electron chi connectivity index (χ4n) is 3.67. The van der Waals surface area contributed by atoms with Gasteiger partial charge in [0.05, 0.1) is 5.69 Å². The van der Waals surface area contributed by atoms with Crippen LogP contribution in [-0.2, 0) is 20.9 Å². The van der Waals surface area contributed by atoms with E-state index in [9.17, 15) is 14.4 Å². The summed E-state index contributed by atoms with van der Waals surface area (Å²) in [5.74, 6) is -0.820. The molecular weight excluding hydrogens is 422 g/mol. The molecule has 1 atom stereocenters. The van der Waals surface area contributed by atoms with Gasteiger partial charge in [-0.3, -0.25) is 14.4 Å². The summed E-state index contributed by atoms with van der Waals surface area (Å²) in [6, 6.07) is 14.7. The number of benzene rings is 2. The van der Waals surface area contributed by atoms with Gasteiger partial charge in [0, 0.05) is 29.6 Å². The normalized spacial score (nSPS) is 18.3. The molecule has 156 valence electrons. The van der Waals surface area contributed by atoms with Crippen LogP contribution in [0.4, 0.5) is 5.69 Å². The fraction of sp³-hybridized carbons (Fsp3) is 0.318. The third-order valence-corrected chi connectivity index (χ3v) is 6.88. The largest absolute Gasteiger partial charge is 0.350 e. The van der Waals surface area contributed by atoms with Gasteiger partial charge in [-0.15, -0.1) is 11.8 Å². The van der Waals surface area contributed by atoms with Crippen molar-refractivity contribution in [1.82, 2.24) is 10.2 Å². The highest BCUT2D eigenvalue weighted by atomic mass is 35.5. The first-order chi connectivity index (χ1) is 14.5. The molecule has 2 aliphatic heterocycles. The van der Waals surface area contributed by atoms with E-state index in [0.717, 1.165) is 23.3 Å². The van der Waals surface area contributed by atoms with Gasteiger partial charge in [0.2, 0.25) is 11.8 Å². The monoisotopic (exact) mass is 443 g/mol. The number of nitrogens with zero attached hydrogens (tertiary/aromatic N) is 2. The quantitative estimate of drug-likeness (QED) is 0.721. The molecule has 0 radical (unpaired) electrons. The van der Waals surface area contributed by atoms with Crippen LogP contribution in [0.3, 0.4) is 0 Å². The molecule has 8 heteroatoms. The second-order valence-corrected chi connectivity index (χ2v) is 8.84. The number of anilines is 1. The number of likely N-dealkylation sites (tertiary alicyclic amines) is 1. The Morgan fingerprint density at radius 2 is 1.77 bits per heavy atom. The van der Waals surface area contributed by atoms with E-state index in [1.165, 1.54) is 16.7 Å². The van der Waals surface area contributed by atoms with Gasteiger partial charge < -0.3 is 15.1 Å². The van der Waals surface area contributed by atoms with Crippen molar-refractivity contribution in [1.29, 1.82) is 0 Å². The van der Waals surface area contributed by atoms with Crippen LogP contribution >= 0.6 is 23.4 Å². The number of fused-ring (bicyclic) bond motifs is 1. The Morgan fingerprint density at radius 1 is 1.07 bits per heavy atom. The topological polar surface area (TPSA) is 69.7 Å². The summed E-state index contributed by atoms with van der Waals surface area (Å²) in [6.45, 7) is 1.49. The average molecular weight is 444 g/mol. The molecule has 1 N–H and O–H groups in total. The second-order valence-electron chi connectivity index (χ2n) is 7.29. The van der Waals surface area contributed by atoms with Crippen molar-refractivity contribution in [2.24, 2.45) is 0 Å². The standard InChI is InChI=1S/C22H22ClN3O3S/c23-16-8-2-1-7-15(16)13-24-19(27)14-26-17-9-3-4-10-18(17)30-20(22(26)29)21(28)25-11-5-6-12-25/h1-4,7-10,20H,5-6,11-14H2,(H,24,27)/t20-/m0/s1. The average Bonchev–Trinajstić information content (AvgIpc) is 3.29. The van der Waals surface area contributed by atoms with Crippen LogP contribution in [0.25, 0.3) is 0 Å². The number of rotatable bonds is 5. The van der Waals surface area contributed by atoms with Gasteiger partial charge in [-0.05, 0) is 36.6 Å². The zero-order chi connectivity index (χ0) is 21.1. The maximum Gasteiger partial charge on any atom is 0.250 e. The molecule has 3 amide bonds. The molecule has 1 saturated heterocycles. The molecule has 6 nitrogen and oxygen atoms in total. The number of nitrogens with one attached hydrogen (secondary N) is 1. The summed E-state index contributed by atoms with van der Waals surface area (Å²) in [6.07, 6.45) is 1.92. The maximum absolute atomic E-state index is 13.2. The third-order valence-electron chi connectivity index (χ3n) is 5.27. The van der Waals surface area contributed by atoms with E-state index in [0.29, 0.717) is 23.8 Å². The van der Waals surface area contributed by atoms with Crippen LogP contribution in [0.15, 0.2) is 53.4 Å². The van der Waals surface area contributed by atoms with Crippen LogP contribution < -0.4 is 10.2 Å². The minimum absolute atomic E-state index is 0.148. The Hall–Kier alpha value is -2.51. The molecule has 2 aromatic carbocycles. The lowest BCUT2D eigenvalue weighted by atomic mass is 10.2. The number of carbonyl (C=O) groups is 3. The molecule has 2 heterocycles. The number of carbonyl (C=O) groups excluding carboxylic acids is 3. The number of thioether (sulfide) groups is 1. The van der Waals surface area contributed by atoms with Crippen molar-refractivity contribution >= 4 is 46.8 Å². The lowest BCUT2D eigenvalue weighted by molar-refractivity contribution is -0.134. The first kappa shape index (κ1) is 20.8. The van der Waals surface area contributed by atoms with Crippen LogP contribution in [0.5, 0.6) is 0 Å². The number of hydrogen-bond donors (Lipinski definition) is 1. The SMILES string of the molecule is O=C(CN1C(=O)[C@H](C(=O)N2CCCC2)Sc2ccccc21)NCc1ccccc1Cl. The van der Waals surface area contributed by atoms with Crippen molar-refractivity contribution in [3.8, 4) is 0 Å². The summed E-state index contributed by atoms with van der Waals surface area (Å²) in [5.41, 5.74) is 1.46. The van der Waals surface area contributed by atoms with E-state index >= 15 is 0 Å². The van der Waals surface area contributed by atoms with E-state index in [-0.39, 0.29) is 30.8 Å². The Bertz CT molecular complexity index is 978. The van der Waals surface area contributed by atoms with Gasteiger partial charge in [-0.25, -0.2) is 0 Å². The highest BCUT2D eigenvalue weighted by Crippen LogP contribution is 2.39. The minimum Gasteiger partial charge on any atom is -0.350 e. The van der Waals surface area contributed by atoms with Gasteiger partial charge in [0.15, 0.2) is 5.25 Å². The molecule has 0 saturated carbocycles. The van der Waals surface area contributed by atoms with Crippen LogP contribution in [0.1, 0.15) is 18.4 Å². The third kappa shape index (κ3) is 4.32. The van der Waals surface area contributed by atoms with Crippen molar-refractivity contribution < 1.29 is 14.4 Å². The van der Waals surface area contributed by atoms with E-state index in [1.54, 1.807) is 17.0 Å². The molecule has 2 aliphatic rings. The van der Waals surface area contributed by atoms with E-state index in [1.807, 2.05) is 36.4 Å². The highest BCUT2D eigenvalue weighted by molar-refractivity contribution is 8.01. The lowest BCUT2D eigenvalue weighted by Crippen LogP contribution is -2.51. The molecular formula is C22H22ClN3O3S. The van der Waals surface area contributed by atoms with Crippen molar-refractivity contribution in [2.75, 3.05) is 24.5 Å². The first-order valence-corrected chi connectivity index (χ1v) is 11.2. The fourth-order valence-corrected chi connectivity index (χ4v) is 5.07. The Kier molecular flexibility index (Phi) is 6.29. The van der Waals surface area contributed by atoms with Crippen molar-refractivity contribution in [3.63, 3.8) is 0 Å². The Balaban J connectivity index is 1.50. The molecule has 2 aromatic rings. The predicted octanol–water partition coefficient (Wildman–Crippen LogP) is 3.09. The smallest absolute Gasteiger partial charge is 0.250 e. The number of para-hydroxylation sites is 1. The summed E-state index contributed by atoms with van der Waals surface area (Å²) in [5, 5.41) is 2.54. The van der Waals surface area contributed by atoms with Gasteiger partial charge in [0.25, 0.3) is 5.91 Å². The first-order valence-electron chi connectivity index (χ1n) is 9.90. The predicted molar refractivity (Wildman–Crippen MR) is 118 cm³/mol. The molecule has 0 bridgehead atoms. The van der Waals surface area contributed by atoms with Gasteiger partial charge in [-0.2, -0.15) is 0 Å².